The van der Waals surface area contributed by atoms with Crippen LogP contribution in [0.4, 0.5) is 0 Å². The van der Waals surface area contributed by atoms with Gasteiger partial charge in [-0.3, -0.25) is 0 Å². The van der Waals surface area contributed by atoms with E-state index in [1.165, 1.54) is 25.7 Å². The Balaban J connectivity index is 2.06. The van der Waals surface area contributed by atoms with Crippen LogP contribution >= 0.6 is 0 Å². The van der Waals surface area contributed by atoms with E-state index < -0.39 is 8.65 Å². The average molecular weight is 182 g/mol. The summed E-state index contributed by atoms with van der Waals surface area (Å²) in [5.41, 5.74) is 3.28. The summed E-state index contributed by atoms with van der Waals surface area (Å²) in [6.45, 7) is 2.17. The van der Waals surface area contributed by atoms with Crippen LogP contribution in [0.2, 0.25) is 5.54 Å². The Morgan fingerprint density at radius 1 is 1.33 bits per heavy atom. The summed E-state index contributed by atoms with van der Waals surface area (Å²) >= 11 is 0. The van der Waals surface area contributed by atoms with Crippen molar-refractivity contribution >= 4 is 14.3 Å². The molecule has 0 aliphatic heterocycles. The molecule has 2 bridgehead atoms. The predicted octanol–water partition coefficient (Wildman–Crippen LogP) is 2.22. The number of hydrogen-bond acceptors (Lipinski definition) is 1. The molecule has 2 rings (SSSR count). The minimum Gasteiger partial charge on any atom is -0.553 e. The highest BCUT2D eigenvalue weighted by molar-refractivity contribution is 6.61. The maximum Gasteiger partial charge on any atom is 0.230 e. The van der Waals surface area contributed by atoms with Gasteiger partial charge in [0.15, 0.2) is 0 Å². The fourth-order valence-corrected chi connectivity index (χ4v) is 5.38. The van der Waals surface area contributed by atoms with E-state index in [9.17, 15) is 0 Å². The van der Waals surface area contributed by atoms with Crippen LogP contribution in [0.15, 0.2) is 0 Å². The van der Waals surface area contributed by atoms with Crippen LogP contribution in [0.1, 0.15) is 32.6 Å². The molecular weight excluding hydrogens is 164 g/mol. The molecule has 2 heteroatoms. The highest BCUT2D eigenvalue weighted by Gasteiger charge is 2.41. The van der Waals surface area contributed by atoms with Gasteiger partial charge < -0.3 is 4.43 Å². The van der Waals surface area contributed by atoms with E-state index in [1.807, 2.05) is 7.11 Å². The lowest BCUT2D eigenvalue weighted by atomic mass is 10.0. The molecular formula is C10H18OSi. The molecule has 2 saturated carbocycles. The SMILES string of the molecule is CC=[Si](OC)C1CC2CCC1C2. The van der Waals surface area contributed by atoms with Crippen molar-refractivity contribution < 1.29 is 4.43 Å². The van der Waals surface area contributed by atoms with Gasteiger partial charge in [0.2, 0.25) is 8.65 Å². The summed E-state index contributed by atoms with van der Waals surface area (Å²) in [6.07, 6.45) is 5.97. The van der Waals surface area contributed by atoms with Crippen molar-refractivity contribution in [1.29, 1.82) is 0 Å². The molecule has 0 amide bonds. The second kappa shape index (κ2) is 3.33. The number of hydrogen-bond donors (Lipinski definition) is 0. The van der Waals surface area contributed by atoms with Crippen molar-refractivity contribution in [3.05, 3.63) is 0 Å². The lowest BCUT2D eigenvalue weighted by molar-refractivity contribution is 0.388. The van der Waals surface area contributed by atoms with E-state index in [-0.39, 0.29) is 0 Å². The van der Waals surface area contributed by atoms with Crippen molar-refractivity contribution in [2.24, 2.45) is 11.8 Å². The first-order valence-corrected chi connectivity index (χ1v) is 6.61. The summed E-state index contributed by atoms with van der Waals surface area (Å²) in [7, 11) is 1.33. The van der Waals surface area contributed by atoms with Gasteiger partial charge >= 0.3 is 0 Å². The van der Waals surface area contributed by atoms with E-state index in [0.717, 1.165) is 17.4 Å². The lowest BCUT2D eigenvalue weighted by Gasteiger charge is -2.22. The molecule has 2 aliphatic rings. The quantitative estimate of drug-likeness (QED) is 0.595. The van der Waals surface area contributed by atoms with Gasteiger partial charge in [-0.15, -0.1) is 0 Å². The predicted molar refractivity (Wildman–Crippen MR) is 53.7 cm³/mol. The topological polar surface area (TPSA) is 9.23 Å². The molecule has 2 fully saturated rings. The van der Waals surface area contributed by atoms with Crippen LogP contribution in [0.5, 0.6) is 0 Å². The van der Waals surface area contributed by atoms with E-state index in [0.29, 0.717) is 0 Å². The minimum atomic E-state index is -0.556. The molecule has 0 aromatic rings. The fourth-order valence-electron chi connectivity index (χ4n) is 3.08. The van der Waals surface area contributed by atoms with Crippen molar-refractivity contribution in [3.8, 4) is 0 Å². The summed E-state index contributed by atoms with van der Waals surface area (Å²) in [4.78, 5) is 0. The Kier molecular flexibility index (Phi) is 2.35. The van der Waals surface area contributed by atoms with Crippen molar-refractivity contribution in [1.82, 2.24) is 0 Å². The minimum absolute atomic E-state index is 0.556. The van der Waals surface area contributed by atoms with Crippen LogP contribution in [0, 0.1) is 11.8 Å². The van der Waals surface area contributed by atoms with Gasteiger partial charge in [-0.05, 0) is 38.0 Å². The first-order chi connectivity index (χ1) is 5.85. The van der Waals surface area contributed by atoms with Gasteiger partial charge in [0, 0.05) is 5.54 Å². The number of fused-ring (bicyclic) bond motifs is 2. The highest BCUT2D eigenvalue weighted by atomic mass is 28.3. The third kappa shape index (κ3) is 1.26. The Labute approximate surface area is 76.5 Å². The van der Waals surface area contributed by atoms with Gasteiger partial charge in [-0.2, -0.15) is 0 Å². The highest BCUT2D eigenvalue weighted by Crippen LogP contribution is 2.51. The van der Waals surface area contributed by atoms with Gasteiger partial charge in [-0.25, -0.2) is 0 Å². The lowest BCUT2D eigenvalue weighted by Crippen LogP contribution is -2.21. The van der Waals surface area contributed by atoms with E-state index >= 15 is 0 Å². The van der Waals surface area contributed by atoms with Crippen LogP contribution in [-0.4, -0.2) is 21.4 Å². The van der Waals surface area contributed by atoms with E-state index in [2.05, 4.69) is 12.6 Å². The maximum absolute atomic E-state index is 5.58. The van der Waals surface area contributed by atoms with Gasteiger partial charge in [0.05, 0.1) is 7.11 Å². The van der Waals surface area contributed by atoms with Crippen molar-refractivity contribution in [2.75, 3.05) is 7.11 Å². The molecule has 0 aromatic heterocycles. The molecule has 3 atom stereocenters. The van der Waals surface area contributed by atoms with Gasteiger partial charge in [0.1, 0.15) is 0 Å². The molecule has 2 aliphatic carbocycles. The fraction of sp³-hybridized carbons (Fsp3) is 0.900. The second-order valence-electron chi connectivity index (χ2n) is 4.18. The molecule has 12 heavy (non-hydrogen) atoms. The summed E-state index contributed by atoms with van der Waals surface area (Å²) in [5.74, 6) is 2.09. The third-order valence-electron chi connectivity index (χ3n) is 3.62. The summed E-state index contributed by atoms with van der Waals surface area (Å²) < 4.78 is 5.58. The summed E-state index contributed by atoms with van der Waals surface area (Å²) in [6, 6.07) is 0. The largest absolute Gasteiger partial charge is 0.553 e. The molecule has 0 N–H and O–H groups in total. The standard InChI is InChI=1S/C10H18OSi/c1-3-12(11-2)10-7-8-4-5-9(10)6-8/h3,8-10H,4-7H2,1-2H3. The Morgan fingerprint density at radius 2 is 2.17 bits per heavy atom. The normalized spacial score (nSPS) is 40.5. The van der Waals surface area contributed by atoms with Crippen molar-refractivity contribution in [3.63, 3.8) is 0 Å². The zero-order chi connectivity index (χ0) is 8.55. The van der Waals surface area contributed by atoms with Crippen LogP contribution in [0.25, 0.3) is 0 Å². The molecule has 0 spiro atoms. The van der Waals surface area contributed by atoms with Gasteiger partial charge in [0.25, 0.3) is 0 Å². The Morgan fingerprint density at radius 3 is 2.58 bits per heavy atom. The first kappa shape index (κ1) is 8.48. The third-order valence-corrected chi connectivity index (χ3v) is 6.10. The average Bonchev–Trinajstić information content (AvgIpc) is 2.67. The maximum atomic E-state index is 5.58. The second-order valence-corrected chi connectivity index (χ2v) is 6.71. The monoisotopic (exact) mass is 182 g/mol. The van der Waals surface area contributed by atoms with E-state index in [1.54, 1.807) is 0 Å². The Bertz CT molecular complexity index is 200. The Hall–Kier alpha value is -0.113. The van der Waals surface area contributed by atoms with Crippen LogP contribution < -0.4 is 0 Å². The van der Waals surface area contributed by atoms with Crippen LogP contribution in [-0.2, 0) is 4.43 Å². The zero-order valence-electron chi connectivity index (χ0n) is 8.05. The van der Waals surface area contributed by atoms with Gasteiger partial charge in [-0.1, -0.05) is 12.1 Å². The molecule has 3 unspecified atom stereocenters. The molecule has 68 valence electrons. The smallest absolute Gasteiger partial charge is 0.230 e. The van der Waals surface area contributed by atoms with E-state index in [4.69, 9.17) is 4.43 Å². The summed E-state index contributed by atoms with van der Waals surface area (Å²) in [5, 5.41) is 0. The number of rotatable bonds is 2. The molecule has 0 heterocycles. The van der Waals surface area contributed by atoms with Crippen molar-refractivity contribution in [2.45, 2.75) is 38.1 Å². The first-order valence-electron chi connectivity index (χ1n) is 5.05. The zero-order valence-corrected chi connectivity index (χ0v) is 9.05. The molecule has 0 saturated heterocycles. The van der Waals surface area contributed by atoms with Crippen LogP contribution in [0.3, 0.4) is 0 Å². The molecule has 0 radical (unpaired) electrons. The molecule has 1 nitrogen and oxygen atoms in total. The molecule has 0 aromatic carbocycles.